The van der Waals surface area contributed by atoms with Gasteiger partial charge in [0.05, 0.1) is 35.3 Å². The molecule has 2 saturated heterocycles. The maximum absolute atomic E-state index is 13.5. The minimum atomic E-state index is -0.951. The van der Waals surface area contributed by atoms with Crippen LogP contribution in [0.1, 0.15) is 35.2 Å². The van der Waals surface area contributed by atoms with Crippen LogP contribution in [0, 0.1) is 18.3 Å². The van der Waals surface area contributed by atoms with Gasteiger partial charge in [-0.25, -0.2) is 9.37 Å². The highest BCUT2D eigenvalue weighted by Crippen LogP contribution is 2.39. The highest BCUT2D eigenvalue weighted by Gasteiger charge is 2.33. The predicted octanol–water partition coefficient (Wildman–Crippen LogP) is 3.31. The average Bonchev–Trinajstić information content (AvgIpc) is 3.63. The van der Waals surface area contributed by atoms with Crippen molar-refractivity contribution in [3.05, 3.63) is 53.1 Å². The minimum Gasteiger partial charge on any atom is -0.475 e. The van der Waals surface area contributed by atoms with Gasteiger partial charge in [0.15, 0.2) is 5.83 Å². The lowest BCUT2D eigenvalue weighted by Crippen LogP contribution is -2.49. The number of rotatable bonds is 6. The van der Waals surface area contributed by atoms with E-state index in [0.29, 0.717) is 57.2 Å². The smallest absolute Gasteiger partial charge is 0.282 e. The van der Waals surface area contributed by atoms with Crippen LogP contribution in [-0.4, -0.2) is 89.9 Å². The third-order valence-electron chi connectivity index (χ3n) is 8.72. The molecule has 2 aromatic heterocycles. The number of hydrogen-bond donors (Lipinski definition) is 1. The Balaban J connectivity index is 1.36. The Morgan fingerprint density at radius 2 is 2.00 bits per heavy atom. The molecule has 11 heteroatoms. The van der Waals surface area contributed by atoms with Gasteiger partial charge < -0.3 is 24.3 Å². The molecule has 0 spiro atoms. The summed E-state index contributed by atoms with van der Waals surface area (Å²) in [5, 5.41) is 18.8. The number of carbonyl (C=O) groups excluding carboxylic acids is 1. The van der Waals surface area contributed by atoms with Crippen molar-refractivity contribution in [2.75, 3.05) is 62.7 Å². The lowest BCUT2D eigenvalue weighted by Gasteiger charge is -2.39. The normalized spacial score (nSPS) is 19.4. The van der Waals surface area contributed by atoms with Crippen LogP contribution < -0.4 is 14.5 Å². The van der Waals surface area contributed by atoms with Crippen molar-refractivity contribution in [1.29, 1.82) is 5.26 Å². The van der Waals surface area contributed by atoms with Crippen LogP contribution >= 0.6 is 0 Å². The van der Waals surface area contributed by atoms with Gasteiger partial charge in [-0.15, -0.1) is 0 Å². The number of likely N-dealkylation sites (N-methyl/N-ethyl adjacent to an activating group) is 1. The molecule has 0 unspecified atom stereocenters. The minimum absolute atomic E-state index is 0.282. The Morgan fingerprint density at radius 3 is 2.71 bits per heavy atom. The number of carbonyl (C=O) groups is 1. The summed E-state index contributed by atoms with van der Waals surface area (Å²) < 4.78 is 19.9. The topological polar surface area (TPSA) is 105 Å². The lowest BCUT2D eigenvalue weighted by atomic mass is 9.97. The van der Waals surface area contributed by atoms with Gasteiger partial charge in [-0.1, -0.05) is 12.6 Å². The van der Waals surface area contributed by atoms with E-state index in [4.69, 9.17) is 9.72 Å². The summed E-state index contributed by atoms with van der Waals surface area (Å²) in [4.78, 5) is 25.4. The van der Waals surface area contributed by atoms with Crippen molar-refractivity contribution >= 4 is 28.2 Å². The molecule has 5 heterocycles. The Labute approximate surface area is 239 Å². The lowest BCUT2D eigenvalue weighted by molar-refractivity contribution is -0.128. The summed E-state index contributed by atoms with van der Waals surface area (Å²) in [5.41, 5.74) is 6.45. The van der Waals surface area contributed by atoms with Crippen molar-refractivity contribution in [2.45, 2.75) is 38.8 Å². The number of likely N-dealkylation sites (tertiary alicyclic amines) is 1. The zero-order valence-corrected chi connectivity index (χ0v) is 23.6. The van der Waals surface area contributed by atoms with Crippen LogP contribution in [0.5, 0.6) is 5.88 Å². The number of aryl methyl sites for hydroxylation is 1. The van der Waals surface area contributed by atoms with E-state index in [9.17, 15) is 14.4 Å². The number of nitrogens with zero attached hydrogens (tertiary/aromatic N) is 7. The van der Waals surface area contributed by atoms with Gasteiger partial charge in [0.2, 0.25) is 5.88 Å². The molecule has 1 amide bonds. The highest BCUT2D eigenvalue weighted by molar-refractivity contribution is 5.93. The van der Waals surface area contributed by atoms with Gasteiger partial charge in [-0.2, -0.15) is 10.4 Å². The summed E-state index contributed by atoms with van der Waals surface area (Å²) in [7, 11) is 2.10. The number of anilines is 2. The number of benzene rings is 1. The molecule has 1 atom stereocenters. The van der Waals surface area contributed by atoms with E-state index in [1.165, 1.54) is 4.90 Å². The second kappa shape index (κ2) is 11.0. The highest BCUT2D eigenvalue weighted by atomic mass is 19.1. The molecule has 41 heavy (non-hydrogen) atoms. The van der Waals surface area contributed by atoms with Gasteiger partial charge in [-0.05, 0) is 51.4 Å². The Bertz CT molecular complexity index is 1540. The molecular formula is C30H35FN8O2. The second-order valence-corrected chi connectivity index (χ2v) is 11.2. The molecule has 10 nitrogen and oxygen atoms in total. The van der Waals surface area contributed by atoms with Gasteiger partial charge in [-0.3, -0.25) is 9.89 Å². The van der Waals surface area contributed by atoms with Gasteiger partial charge >= 0.3 is 0 Å². The fourth-order valence-corrected chi connectivity index (χ4v) is 6.48. The molecule has 6 rings (SSSR count). The number of piperazine rings is 1. The van der Waals surface area contributed by atoms with Crippen LogP contribution in [0.3, 0.4) is 0 Å². The third-order valence-corrected chi connectivity index (χ3v) is 8.72. The maximum atomic E-state index is 13.5. The van der Waals surface area contributed by atoms with E-state index in [0.717, 1.165) is 65.0 Å². The molecule has 1 aromatic carbocycles. The number of hydrogen-bond acceptors (Lipinski definition) is 8. The molecule has 3 aromatic rings. The molecule has 3 aliphatic heterocycles. The SMILES string of the molecule is C=C(F)C(=O)N1CCN(c2c(C#N)c(OC[C@@H]3CCCN3C)nc3c2CCN(c2c(C)ccc4[nH]ncc24)C3)CC1. The zero-order valence-electron chi connectivity index (χ0n) is 23.6. The first-order valence-electron chi connectivity index (χ1n) is 14.2. The average molecular weight is 559 g/mol. The standard InChI is InChI=1S/C30H35FN8O2/c1-19-6-7-25-24(16-33-35-25)27(19)39-10-8-22-26(17-39)34-29(41-18-21-5-4-9-36(21)3)23(15-32)28(22)37-11-13-38(14-12-37)30(40)20(2)31/h6-7,16,21H,2,4-5,8-14,17-18H2,1,3H3,(H,33,35)/t21-/m0/s1. The molecule has 214 valence electrons. The Morgan fingerprint density at radius 1 is 1.20 bits per heavy atom. The fourth-order valence-electron chi connectivity index (χ4n) is 6.48. The number of amides is 1. The van der Waals surface area contributed by atoms with Crippen molar-refractivity contribution in [3.63, 3.8) is 0 Å². The molecule has 0 bridgehead atoms. The number of fused-ring (bicyclic) bond motifs is 2. The van der Waals surface area contributed by atoms with E-state index in [2.05, 4.69) is 57.6 Å². The van der Waals surface area contributed by atoms with Crippen LogP contribution in [0.25, 0.3) is 10.9 Å². The molecule has 0 aliphatic carbocycles. The monoisotopic (exact) mass is 558 g/mol. The van der Waals surface area contributed by atoms with E-state index in [1.807, 2.05) is 12.3 Å². The van der Waals surface area contributed by atoms with Gasteiger partial charge in [0, 0.05) is 49.7 Å². The van der Waals surface area contributed by atoms with Gasteiger partial charge in [0.25, 0.3) is 5.91 Å². The predicted molar refractivity (Wildman–Crippen MR) is 155 cm³/mol. The van der Waals surface area contributed by atoms with Crippen molar-refractivity contribution in [1.82, 2.24) is 25.0 Å². The first-order chi connectivity index (χ1) is 19.9. The third kappa shape index (κ3) is 4.97. The van der Waals surface area contributed by atoms with Crippen LogP contribution in [0.4, 0.5) is 15.8 Å². The number of nitriles is 1. The summed E-state index contributed by atoms with van der Waals surface area (Å²) in [6, 6.07) is 6.83. The number of pyridine rings is 1. The largest absolute Gasteiger partial charge is 0.475 e. The summed E-state index contributed by atoms with van der Waals surface area (Å²) in [5.74, 6) is -1.27. The molecular weight excluding hydrogens is 523 g/mol. The first kappa shape index (κ1) is 27.0. The van der Waals surface area contributed by atoms with E-state index in [1.54, 1.807) is 0 Å². The van der Waals surface area contributed by atoms with Crippen LogP contribution in [0.2, 0.25) is 0 Å². The van der Waals surface area contributed by atoms with Crippen LogP contribution in [0.15, 0.2) is 30.7 Å². The van der Waals surface area contributed by atoms with E-state index < -0.39 is 11.7 Å². The van der Waals surface area contributed by atoms with Crippen molar-refractivity contribution < 1.29 is 13.9 Å². The molecule has 0 radical (unpaired) electrons. The van der Waals surface area contributed by atoms with Crippen LogP contribution in [-0.2, 0) is 17.8 Å². The van der Waals surface area contributed by atoms with Crippen molar-refractivity contribution in [3.8, 4) is 11.9 Å². The Hall–Kier alpha value is -4.17. The molecule has 2 fully saturated rings. The number of nitrogens with one attached hydrogen (secondary N) is 1. The Kier molecular flexibility index (Phi) is 7.26. The van der Waals surface area contributed by atoms with Gasteiger partial charge in [0.1, 0.15) is 18.2 Å². The molecule has 1 N–H and O–H groups in total. The van der Waals surface area contributed by atoms with Crippen molar-refractivity contribution in [2.24, 2.45) is 0 Å². The van der Waals surface area contributed by atoms with E-state index >= 15 is 0 Å². The number of aromatic nitrogens is 3. The quantitative estimate of drug-likeness (QED) is 0.460. The summed E-state index contributed by atoms with van der Waals surface area (Å²) in [6.07, 6.45) is 4.74. The number of aromatic amines is 1. The summed E-state index contributed by atoms with van der Waals surface area (Å²) in [6.45, 7) is 9.74. The fraction of sp³-hybridized carbons (Fsp3) is 0.467. The number of H-pyrrole nitrogens is 1. The number of halogens is 1. The second-order valence-electron chi connectivity index (χ2n) is 11.2. The number of ether oxygens (including phenoxy) is 1. The molecule has 3 aliphatic rings. The maximum Gasteiger partial charge on any atom is 0.282 e. The summed E-state index contributed by atoms with van der Waals surface area (Å²) >= 11 is 0. The molecule has 0 saturated carbocycles. The van der Waals surface area contributed by atoms with E-state index in [-0.39, 0.29) is 6.04 Å². The first-order valence-corrected chi connectivity index (χ1v) is 14.2. The zero-order chi connectivity index (χ0) is 28.7.